The highest BCUT2D eigenvalue weighted by Crippen LogP contribution is 2.72. The molecule has 40 heavy (non-hydrogen) atoms. The average Bonchev–Trinajstić information content (AvgIpc) is 3.69. The number of hydrogen-bond acceptors (Lipinski definition) is 9. The Hall–Kier alpha value is -2.69. The Kier molecular flexibility index (Phi) is 7.89. The molecule has 2 aliphatic carbocycles. The summed E-state index contributed by atoms with van der Waals surface area (Å²) in [4.78, 5) is 29.4. The first-order valence-electron chi connectivity index (χ1n) is 14.1. The number of azide groups is 1. The first kappa shape index (κ1) is 28.8. The second-order valence-corrected chi connectivity index (χ2v) is 12.1. The van der Waals surface area contributed by atoms with Gasteiger partial charge in [-0.15, -0.1) is 0 Å². The molecule has 3 heterocycles. The van der Waals surface area contributed by atoms with Gasteiger partial charge in [0.2, 0.25) is 0 Å². The molecule has 5 aliphatic rings. The fraction of sp³-hybridized carbons (Fsp3) is 0.724. The normalized spacial score (nSPS) is 45.9. The van der Waals surface area contributed by atoms with Crippen molar-refractivity contribution in [2.24, 2.45) is 21.9 Å². The van der Waals surface area contributed by atoms with E-state index in [1.165, 1.54) is 11.6 Å². The van der Waals surface area contributed by atoms with E-state index in [0.29, 0.717) is 25.9 Å². The second kappa shape index (κ2) is 10.9. The highest BCUT2D eigenvalue weighted by Gasteiger charge is 2.83. The van der Waals surface area contributed by atoms with Gasteiger partial charge in [0.05, 0.1) is 30.3 Å². The highest BCUT2D eigenvalue weighted by atomic mass is 16.6. The third-order valence-corrected chi connectivity index (χ3v) is 9.91. The molecule has 5 rings (SSSR count). The van der Waals surface area contributed by atoms with E-state index in [9.17, 15) is 20.2 Å². The van der Waals surface area contributed by atoms with Crippen molar-refractivity contribution in [3.63, 3.8) is 0 Å². The molecule has 0 aromatic heterocycles. The molecule has 3 aliphatic heterocycles. The number of aliphatic hydroxyl groups is 1. The van der Waals surface area contributed by atoms with Crippen LogP contribution in [0.4, 0.5) is 0 Å². The number of hydrogen-bond donors (Lipinski definition) is 1. The lowest BCUT2D eigenvalue weighted by atomic mass is 9.51. The number of cyclic esters (lactones) is 1. The van der Waals surface area contributed by atoms with E-state index in [0.717, 1.165) is 6.42 Å². The Bertz CT molecular complexity index is 1160. The topological polar surface area (TPSA) is 153 Å². The zero-order valence-corrected chi connectivity index (χ0v) is 23.5. The van der Waals surface area contributed by atoms with Crippen LogP contribution in [-0.2, 0) is 33.3 Å². The summed E-state index contributed by atoms with van der Waals surface area (Å²) in [6, 6.07) is -1.06. The molecule has 218 valence electrons. The summed E-state index contributed by atoms with van der Waals surface area (Å²) < 4.78 is 30.7. The quantitative estimate of drug-likeness (QED) is 0.135. The van der Waals surface area contributed by atoms with Crippen LogP contribution in [0.25, 0.3) is 10.4 Å². The van der Waals surface area contributed by atoms with Crippen molar-refractivity contribution in [3.05, 3.63) is 46.4 Å². The van der Waals surface area contributed by atoms with Crippen LogP contribution in [0.5, 0.6) is 0 Å². The predicted octanol–water partition coefficient (Wildman–Crippen LogP) is 3.71. The number of carbonyl (C=O) groups excluding carboxylic acids is 2. The standard InChI is InChI=1S/C29H39N3O8/c1-17-9-11-28-15-37-26(35)25(31-32-30)18(2)10-12-36-20(19(3)33)7-5-6-8-24(34)40-21-14-23(39-22(28)13-17)29(16-38-29)27(21,28)4/h5-8,13,18-23,25,33H,9-12,14-16H2,1-4H3/b7-5-,8-6-/t18-,19-,20-,21-,22-,23-,25+,27-,28-,29+/m1/s1. The van der Waals surface area contributed by atoms with Crippen LogP contribution in [0.15, 0.2) is 41.1 Å². The second-order valence-electron chi connectivity index (χ2n) is 12.1. The summed E-state index contributed by atoms with van der Waals surface area (Å²) >= 11 is 0. The third kappa shape index (κ3) is 4.67. The van der Waals surface area contributed by atoms with E-state index in [-0.39, 0.29) is 31.3 Å². The molecule has 11 nitrogen and oxygen atoms in total. The molecule has 0 unspecified atom stereocenters. The molecule has 2 saturated heterocycles. The van der Waals surface area contributed by atoms with Crippen molar-refractivity contribution >= 4 is 11.9 Å². The van der Waals surface area contributed by atoms with Crippen molar-refractivity contribution < 1.29 is 38.4 Å². The van der Waals surface area contributed by atoms with Crippen LogP contribution in [0.2, 0.25) is 0 Å². The van der Waals surface area contributed by atoms with Gasteiger partial charge in [-0.3, -0.25) is 4.79 Å². The number of rotatable bonds is 2. The molecule has 0 aromatic rings. The van der Waals surface area contributed by atoms with Crippen LogP contribution in [0, 0.1) is 16.7 Å². The number of nitrogens with zero attached hydrogens (tertiary/aromatic N) is 3. The number of aliphatic hydroxyl groups excluding tert-OH is 1. The Labute approximate surface area is 234 Å². The van der Waals surface area contributed by atoms with E-state index >= 15 is 0 Å². The van der Waals surface area contributed by atoms with Gasteiger partial charge in [-0.1, -0.05) is 48.8 Å². The minimum Gasteiger partial charge on any atom is -0.465 e. The van der Waals surface area contributed by atoms with E-state index < -0.39 is 52.7 Å². The average molecular weight is 558 g/mol. The first-order valence-corrected chi connectivity index (χ1v) is 14.1. The number of allylic oxidation sites excluding steroid dienone is 3. The first-order chi connectivity index (χ1) is 19.1. The maximum Gasteiger partial charge on any atom is 0.331 e. The summed E-state index contributed by atoms with van der Waals surface area (Å²) in [6.07, 6.45) is 8.04. The van der Waals surface area contributed by atoms with Crippen LogP contribution in [0.1, 0.15) is 53.4 Å². The van der Waals surface area contributed by atoms with E-state index in [4.69, 9.17) is 23.7 Å². The largest absolute Gasteiger partial charge is 0.465 e. The number of epoxide rings is 1. The summed E-state index contributed by atoms with van der Waals surface area (Å²) in [5, 5.41) is 13.9. The lowest BCUT2D eigenvalue weighted by Crippen LogP contribution is -2.66. The van der Waals surface area contributed by atoms with Crippen LogP contribution in [-0.4, -0.2) is 79.0 Å². The summed E-state index contributed by atoms with van der Waals surface area (Å²) in [7, 11) is 0. The van der Waals surface area contributed by atoms with E-state index in [1.807, 2.05) is 0 Å². The zero-order valence-electron chi connectivity index (χ0n) is 23.5. The van der Waals surface area contributed by atoms with Crippen LogP contribution < -0.4 is 0 Å². The molecule has 0 aromatic carbocycles. The van der Waals surface area contributed by atoms with Gasteiger partial charge < -0.3 is 28.8 Å². The minimum absolute atomic E-state index is 0.00596. The van der Waals surface area contributed by atoms with E-state index in [1.54, 1.807) is 32.1 Å². The molecule has 1 N–H and O–H groups in total. The summed E-state index contributed by atoms with van der Waals surface area (Å²) in [5.74, 6) is -1.49. The molecule has 11 heteroatoms. The van der Waals surface area contributed by atoms with Gasteiger partial charge in [-0.25, -0.2) is 4.79 Å². The molecule has 0 radical (unpaired) electrons. The van der Waals surface area contributed by atoms with Gasteiger partial charge in [-0.2, -0.15) is 0 Å². The van der Waals surface area contributed by atoms with Gasteiger partial charge >= 0.3 is 11.9 Å². The number of carbonyl (C=O) groups is 2. The third-order valence-electron chi connectivity index (χ3n) is 9.91. The van der Waals surface area contributed by atoms with Crippen molar-refractivity contribution in [2.75, 3.05) is 19.8 Å². The van der Waals surface area contributed by atoms with Gasteiger partial charge in [0.1, 0.15) is 30.5 Å². The lowest BCUT2D eigenvalue weighted by molar-refractivity contribution is -0.233. The van der Waals surface area contributed by atoms with Crippen molar-refractivity contribution in [3.8, 4) is 0 Å². The maximum absolute atomic E-state index is 13.5. The summed E-state index contributed by atoms with van der Waals surface area (Å²) in [6.45, 7) is 8.24. The molecular weight excluding hydrogens is 518 g/mol. The van der Waals surface area contributed by atoms with Crippen molar-refractivity contribution in [2.45, 2.75) is 95.5 Å². The van der Waals surface area contributed by atoms with E-state index in [2.05, 4.69) is 29.9 Å². The predicted molar refractivity (Wildman–Crippen MR) is 143 cm³/mol. The Morgan fingerprint density at radius 3 is 2.70 bits per heavy atom. The van der Waals surface area contributed by atoms with Crippen LogP contribution >= 0.6 is 0 Å². The highest BCUT2D eigenvalue weighted by molar-refractivity contribution is 5.82. The Balaban J connectivity index is 1.53. The fourth-order valence-electron chi connectivity index (χ4n) is 7.26. The molecule has 3 fully saturated rings. The maximum atomic E-state index is 13.5. The Morgan fingerprint density at radius 2 is 2.00 bits per heavy atom. The lowest BCUT2D eigenvalue weighted by Gasteiger charge is -2.58. The van der Waals surface area contributed by atoms with Crippen LogP contribution in [0.3, 0.4) is 0 Å². The Morgan fingerprint density at radius 1 is 1.23 bits per heavy atom. The number of ether oxygens (including phenoxy) is 5. The molecular formula is C29H39N3O8. The van der Waals surface area contributed by atoms with Gasteiger partial charge in [0.15, 0.2) is 0 Å². The van der Waals surface area contributed by atoms with Gasteiger partial charge in [-0.05, 0) is 44.6 Å². The monoisotopic (exact) mass is 557 g/mol. The summed E-state index contributed by atoms with van der Waals surface area (Å²) in [5.41, 5.74) is 8.37. The smallest absolute Gasteiger partial charge is 0.331 e. The van der Waals surface area contributed by atoms with Gasteiger partial charge in [0.25, 0.3) is 0 Å². The van der Waals surface area contributed by atoms with Gasteiger partial charge in [0, 0.05) is 29.4 Å². The van der Waals surface area contributed by atoms with Crippen molar-refractivity contribution in [1.82, 2.24) is 0 Å². The zero-order chi connectivity index (χ0) is 28.7. The molecule has 1 saturated carbocycles. The molecule has 2 spiro atoms. The molecule has 10 atom stereocenters. The van der Waals surface area contributed by atoms with Crippen molar-refractivity contribution in [1.29, 1.82) is 0 Å². The number of esters is 2. The SMILES string of the molecule is CC1=C[C@H]2O[C@@H]3C[C@H]4OC(=O)/C=C\C=C/[C@H]([C@@H](C)O)OCC[C@@H](C)[C@H](N=[N+]=[N-])C(=O)OC[C@@]2(CC1)[C@]4(C)[C@]31CO1. The fourth-order valence-corrected chi connectivity index (χ4v) is 7.26. The molecule has 0 amide bonds. The molecule has 2 bridgehead atoms. The minimum atomic E-state index is -1.06.